The molecule has 0 radical (unpaired) electrons. The number of hydrogen-bond donors (Lipinski definition) is 1. The van der Waals surface area contributed by atoms with Gasteiger partial charge in [-0.2, -0.15) is 0 Å². The summed E-state index contributed by atoms with van der Waals surface area (Å²) >= 11 is 0. The van der Waals surface area contributed by atoms with Gasteiger partial charge in [0.2, 0.25) is 0 Å². The molecule has 4 aliphatic rings. The molecule has 2 nitrogen and oxygen atoms in total. The lowest BCUT2D eigenvalue weighted by Gasteiger charge is -2.52. The van der Waals surface area contributed by atoms with Crippen LogP contribution in [0.2, 0.25) is 0 Å². The molecule has 0 aromatic carbocycles. The van der Waals surface area contributed by atoms with E-state index in [0.29, 0.717) is 11.6 Å². The zero-order valence-corrected chi connectivity index (χ0v) is 12.0. The summed E-state index contributed by atoms with van der Waals surface area (Å²) in [5.41, 5.74) is 0.474. The van der Waals surface area contributed by atoms with Crippen LogP contribution in [0.5, 0.6) is 0 Å². The molecule has 1 aliphatic heterocycles. The number of piperazine rings is 1. The lowest BCUT2D eigenvalue weighted by atomic mass is 9.84. The van der Waals surface area contributed by atoms with Crippen molar-refractivity contribution in [2.24, 2.45) is 17.8 Å². The second-order valence-electron chi connectivity index (χ2n) is 7.81. The van der Waals surface area contributed by atoms with E-state index in [1.807, 2.05) is 0 Å². The van der Waals surface area contributed by atoms with E-state index in [9.17, 15) is 0 Å². The summed E-state index contributed by atoms with van der Waals surface area (Å²) in [6.45, 7) is 7.44. The van der Waals surface area contributed by atoms with Crippen LogP contribution in [0.25, 0.3) is 0 Å². The molecule has 4 fully saturated rings. The molecule has 2 heteroatoms. The van der Waals surface area contributed by atoms with Gasteiger partial charge in [0, 0.05) is 30.7 Å². The summed E-state index contributed by atoms with van der Waals surface area (Å²) in [7, 11) is 0. The van der Waals surface area contributed by atoms with Gasteiger partial charge in [-0.3, -0.25) is 4.90 Å². The Morgan fingerprint density at radius 3 is 2.56 bits per heavy atom. The molecule has 5 unspecified atom stereocenters. The van der Waals surface area contributed by atoms with Crippen molar-refractivity contribution in [2.75, 3.05) is 13.1 Å². The van der Waals surface area contributed by atoms with Gasteiger partial charge in [-0.25, -0.2) is 0 Å². The minimum absolute atomic E-state index is 0.474. The fourth-order valence-electron chi connectivity index (χ4n) is 5.24. The lowest BCUT2D eigenvalue weighted by molar-refractivity contribution is -0.0179. The molecular formula is C16H28N2. The highest BCUT2D eigenvalue weighted by Crippen LogP contribution is 2.52. The first-order valence-electron chi connectivity index (χ1n) is 8.17. The normalized spacial score (nSPS) is 53.0. The van der Waals surface area contributed by atoms with E-state index in [-0.39, 0.29) is 0 Å². The van der Waals surface area contributed by atoms with Crippen LogP contribution in [0.1, 0.15) is 52.4 Å². The fraction of sp³-hybridized carbons (Fsp3) is 1.00. The minimum Gasteiger partial charge on any atom is -0.311 e. The molecule has 3 saturated carbocycles. The van der Waals surface area contributed by atoms with Gasteiger partial charge in [-0.1, -0.05) is 6.42 Å². The van der Waals surface area contributed by atoms with Gasteiger partial charge >= 0.3 is 0 Å². The highest BCUT2D eigenvalue weighted by molar-refractivity contribution is 5.09. The Morgan fingerprint density at radius 2 is 1.94 bits per heavy atom. The minimum atomic E-state index is 0.474. The first kappa shape index (κ1) is 11.7. The van der Waals surface area contributed by atoms with Gasteiger partial charge in [-0.15, -0.1) is 0 Å². The predicted molar refractivity (Wildman–Crippen MR) is 74.5 cm³/mol. The van der Waals surface area contributed by atoms with Crippen LogP contribution in [-0.4, -0.2) is 35.6 Å². The van der Waals surface area contributed by atoms with E-state index < -0.39 is 0 Å². The van der Waals surface area contributed by atoms with Crippen LogP contribution in [0.3, 0.4) is 0 Å². The smallest absolute Gasteiger partial charge is 0.0337 e. The van der Waals surface area contributed by atoms with E-state index in [2.05, 4.69) is 24.1 Å². The third kappa shape index (κ3) is 1.68. The summed E-state index contributed by atoms with van der Waals surface area (Å²) in [6, 6.07) is 1.62. The van der Waals surface area contributed by atoms with Gasteiger partial charge in [0.25, 0.3) is 0 Å². The van der Waals surface area contributed by atoms with Crippen molar-refractivity contribution in [3.8, 4) is 0 Å². The van der Waals surface area contributed by atoms with Crippen LogP contribution >= 0.6 is 0 Å². The second-order valence-corrected chi connectivity index (χ2v) is 7.81. The quantitative estimate of drug-likeness (QED) is 0.808. The molecular weight excluding hydrogens is 220 g/mol. The Balaban J connectivity index is 1.59. The van der Waals surface area contributed by atoms with E-state index in [1.54, 1.807) is 6.42 Å². The standard InChI is InChI=1S/C16H28N2/c1-11-9-18(15-8-12-3-4-13(15)7-12)16(2,10-17-11)14-5-6-14/h11-15,17H,3-10H2,1-2H3. The zero-order chi connectivity index (χ0) is 12.3. The monoisotopic (exact) mass is 248 g/mol. The van der Waals surface area contributed by atoms with Gasteiger partial charge in [0.15, 0.2) is 0 Å². The Labute approximate surface area is 111 Å². The van der Waals surface area contributed by atoms with Crippen LogP contribution in [0.15, 0.2) is 0 Å². The topological polar surface area (TPSA) is 15.3 Å². The SMILES string of the molecule is CC1CN(C2CC3CCC2C3)C(C)(C2CC2)CN1. The maximum Gasteiger partial charge on any atom is 0.0337 e. The number of nitrogens with one attached hydrogen (secondary N) is 1. The van der Waals surface area contributed by atoms with Crippen LogP contribution in [-0.2, 0) is 0 Å². The molecule has 18 heavy (non-hydrogen) atoms. The molecule has 2 bridgehead atoms. The van der Waals surface area contributed by atoms with Crippen molar-refractivity contribution in [2.45, 2.75) is 70.0 Å². The fourth-order valence-corrected chi connectivity index (χ4v) is 5.24. The average Bonchev–Trinajstić information content (AvgIpc) is 3.03. The maximum absolute atomic E-state index is 3.75. The first-order valence-corrected chi connectivity index (χ1v) is 8.17. The number of hydrogen-bond acceptors (Lipinski definition) is 2. The molecule has 3 aliphatic carbocycles. The van der Waals surface area contributed by atoms with Crippen molar-refractivity contribution in [1.29, 1.82) is 0 Å². The highest BCUT2D eigenvalue weighted by Gasteiger charge is 2.53. The van der Waals surface area contributed by atoms with Gasteiger partial charge in [0.1, 0.15) is 0 Å². The molecule has 1 saturated heterocycles. The lowest BCUT2D eigenvalue weighted by Crippen LogP contribution is -2.67. The second kappa shape index (κ2) is 3.96. The molecule has 1 heterocycles. The third-order valence-corrected chi connectivity index (χ3v) is 6.49. The van der Waals surface area contributed by atoms with E-state index in [1.165, 1.54) is 45.2 Å². The summed E-state index contributed by atoms with van der Waals surface area (Å²) in [5.74, 6) is 3.10. The van der Waals surface area contributed by atoms with Gasteiger partial charge in [0.05, 0.1) is 0 Å². The Bertz CT molecular complexity index is 338. The Morgan fingerprint density at radius 1 is 1.11 bits per heavy atom. The van der Waals surface area contributed by atoms with Gasteiger partial charge in [-0.05, 0) is 63.7 Å². The van der Waals surface area contributed by atoms with Crippen molar-refractivity contribution >= 4 is 0 Å². The summed E-state index contributed by atoms with van der Waals surface area (Å²) < 4.78 is 0. The average molecular weight is 248 g/mol. The summed E-state index contributed by atoms with van der Waals surface area (Å²) in [5, 5.41) is 3.75. The summed E-state index contributed by atoms with van der Waals surface area (Å²) in [4.78, 5) is 2.97. The van der Waals surface area contributed by atoms with Crippen molar-refractivity contribution in [3.05, 3.63) is 0 Å². The molecule has 5 atom stereocenters. The molecule has 102 valence electrons. The zero-order valence-electron chi connectivity index (χ0n) is 12.0. The number of fused-ring (bicyclic) bond motifs is 2. The third-order valence-electron chi connectivity index (χ3n) is 6.49. The molecule has 1 N–H and O–H groups in total. The molecule has 0 aromatic rings. The first-order chi connectivity index (χ1) is 8.67. The molecule has 0 aromatic heterocycles. The number of nitrogens with zero attached hydrogens (tertiary/aromatic N) is 1. The van der Waals surface area contributed by atoms with Crippen molar-refractivity contribution in [1.82, 2.24) is 10.2 Å². The van der Waals surface area contributed by atoms with E-state index >= 15 is 0 Å². The van der Waals surface area contributed by atoms with Crippen molar-refractivity contribution < 1.29 is 0 Å². The van der Waals surface area contributed by atoms with Gasteiger partial charge < -0.3 is 5.32 Å². The Kier molecular flexibility index (Phi) is 2.58. The molecule has 0 amide bonds. The largest absolute Gasteiger partial charge is 0.311 e. The van der Waals surface area contributed by atoms with Crippen LogP contribution < -0.4 is 5.32 Å². The van der Waals surface area contributed by atoms with E-state index in [0.717, 1.165) is 23.8 Å². The molecule has 4 rings (SSSR count). The van der Waals surface area contributed by atoms with Crippen LogP contribution in [0, 0.1) is 17.8 Å². The molecule has 0 spiro atoms. The van der Waals surface area contributed by atoms with Crippen molar-refractivity contribution in [3.63, 3.8) is 0 Å². The van der Waals surface area contributed by atoms with E-state index in [4.69, 9.17) is 0 Å². The Hall–Kier alpha value is -0.0800. The summed E-state index contributed by atoms with van der Waals surface area (Å²) in [6.07, 6.45) is 9.06. The predicted octanol–water partition coefficient (Wildman–Crippen LogP) is 2.64. The highest BCUT2D eigenvalue weighted by atomic mass is 15.3. The number of rotatable bonds is 2. The van der Waals surface area contributed by atoms with Crippen LogP contribution in [0.4, 0.5) is 0 Å². The maximum atomic E-state index is 3.75.